The Hall–Kier alpha value is -0.950. The molecule has 3 N–H and O–H groups in total. The van der Waals surface area contributed by atoms with Crippen LogP contribution in [0.4, 0.5) is 0 Å². The molecular weight excluding hydrogens is 264 g/mol. The van der Waals surface area contributed by atoms with Gasteiger partial charge in [-0.05, 0) is 24.5 Å². The van der Waals surface area contributed by atoms with E-state index in [1.165, 1.54) is 0 Å². The summed E-state index contributed by atoms with van der Waals surface area (Å²) in [7, 11) is -3.37. The summed E-state index contributed by atoms with van der Waals surface area (Å²) in [6.07, 6.45) is 0.651. The van der Waals surface area contributed by atoms with Gasteiger partial charge in [0.05, 0.1) is 11.9 Å². The summed E-state index contributed by atoms with van der Waals surface area (Å²) in [6, 6.07) is 7.21. The third-order valence-corrected chi connectivity index (χ3v) is 4.74. The average Bonchev–Trinajstić information content (AvgIpc) is 2.74. The zero-order valence-electron chi connectivity index (χ0n) is 11.0. The predicted molar refractivity (Wildman–Crippen MR) is 73.9 cm³/mol. The standard InChI is InChI=1S/C13H20N2O3S/c1-10-13(6-7-18-10)15-19(16,17)9-12-5-3-2-4-11(12)8-14/h2-5,10,13,15H,6-9,14H2,1H3. The minimum Gasteiger partial charge on any atom is -0.377 e. The molecule has 0 saturated carbocycles. The summed E-state index contributed by atoms with van der Waals surface area (Å²) in [6.45, 7) is 2.83. The van der Waals surface area contributed by atoms with Gasteiger partial charge >= 0.3 is 0 Å². The molecular formula is C13H20N2O3S. The van der Waals surface area contributed by atoms with E-state index in [4.69, 9.17) is 10.5 Å². The number of rotatable bonds is 5. The molecule has 0 amide bonds. The van der Waals surface area contributed by atoms with Crippen LogP contribution in [0, 0.1) is 0 Å². The van der Waals surface area contributed by atoms with Gasteiger partial charge in [0.25, 0.3) is 0 Å². The van der Waals surface area contributed by atoms with Gasteiger partial charge in [-0.1, -0.05) is 24.3 Å². The first kappa shape index (κ1) is 14.5. The van der Waals surface area contributed by atoms with Crippen molar-refractivity contribution >= 4 is 10.0 Å². The van der Waals surface area contributed by atoms with E-state index in [-0.39, 0.29) is 17.9 Å². The van der Waals surface area contributed by atoms with Crippen LogP contribution in [0.1, 0.15) is 24.5 Å². The van der Waals surface area contributed by atoms with Crippen molar-refractivity contribution in [2.24, 2.45) is 5.73 Å². The maximum absolute atomic E-state index is 12.2. The third kappa shape index (κ3) is 3.76. The Morgan fingerprint density at radius 3 is 2.63 bits per heavy atom. The SMILES string of the molecule is CC1OCCC1NS(=O)(=O)Cc1ccccc1CN. The van der Waals surface area contributed by atoms with Crippen molar-refractivity contribution in [3.8, 4) is 0 Å². The highest BCUT2D eigenvalue weighted by atomic mass is 32.2. The molecule has 5 nitrogen and oxygen atoms in total. The largest absolute Gasteiger partial charge is 0.377 e. The van der Waals surface area contributed by atoms with Crippen molar-refractivity contribution in [2.75, 3.05) is 6.61 Å². The van der Waals surface area contributed by atoms with Gasteiger partial charge in [0.15, 0.2) is 0 Å². The molecule has 1 aliphatic heterocycles. The van der Waals surface area contributed by atoms with E-state index in [1.54, 1.807) is 6.07 Å². The van der Waals surface area contributed by atoms with E-state index in [0.717, 1.165) is 17.5 Å². The lowest BCUT2D eigenvalue weighted by atomic mass is 10.1. The molecule has 0 bridgehead atoms. The second-order valence-electron chi connectivity index (χ2n) is 4.82. The van der Waals surface area contributed by atoms with Gasteiger partial charge in [-0.3, -0.25) is 0 Å². The number of sulfonamides is 1. The molecule has 1 aromatic carbocycles. The van der Waals surface area contributed by atoms with Gasteiger partial charge in [-0.2, -0.15) is 0 Å². The van der Waals surface area contributed by atoms with Crippen LogP contribution in [0.5, 0.6) is 0 Å². The van der Waals surface area contributed by atoms with E-state index in [1.807, 2.05) is 25.1 Å². The van der Waals surface area contributed by atoms with Crippen LogP contribution < -0.4 is 10.5 Å². The summed E-state index contributed by atoms with van der Waals surface area (Å²) in [4.78, 5) is 0. The number of nitrogens with one attached hydrogen (secondary N) is 1. The number of nitrogens with two attached hydrogens (primary N) is 1. The zero-order valence-corrected chi connectivity index (χ0v) is 11.8. The van der Waals surface area contributed by atoms with E-state index < -0.39 is 10.0 Å². The summed E-state index contributed by atoms with van der Waals surface area (Å²) in [5.74, 6) is -0.0381. The molecule has 0 spiro atoms. The van der Waals surface area contributed by atoms with Crippen LogP contribution in [0.15, 0.2) is 24.3 Å². The molecule has 1 fully saturated rings. The average molecular weight is 284 g/mol. The summed E-state index contributed by atoms with van der Waals surface area (Å²) in [5.41, 5.74) is 7.24. The van der Waals surface area contributed by atoms with Crippen LogP contribution in [0.3, 0.4) is 0 Å². The van der Waals surface area contributed by atoms with Gasteiger partial charge in [0, 0.05) is 19.2 Å². The molecule has 1 heterocycles. The first-order valence-corrected chi connectivity index (χ1v) is 8.05. The van der Waals surface area contributed by atoms with E-state index in [2.05, 4.69) is 4.72 Å². The van der Waals surface area contributed by atoms with E-state index >= 15 is 0 Å². The first-order valence-electron chi connectivity index (χ1n) is 6.40. The Balaban J connectivity index is 2.08. The van der Waals surface area contributed by atoms with Crippen molar-refractivity contribution in [1.82, 2.24) is 4.72 Å². The van der Waals surface area contributed by atoms with Gasteiger partial charge in [-0.25, -0.2) is 13.1 Å². The Kier molecular flexibility index (Phi) is 4.57. The van der Waals surface area contributed by atoms with E-state index in [0.29, 0.717) is 13.2 Å². The van der Waals surface area contributed by atoms with Crippen molar-refractivity contribution < 1.29 is 13.2 Å². The molecule has 19 heavy (non-hydrogen) atoms. The Morgan fingerprint density at radius 2 is 2.05 bits per heavy atom. The summed E-state index contributed by atoms with van der Waals surface area (Å²) >= 11 is 0. The molecule has 2 unspecified atom stereocenters. The number of hydrogen-bond donors (Lipinski definition) is 2. The number of hydrogen-bond acceptors (Lipinski definition) is 4. The predicted octanol–water partition coefficient (Wildman–Crippen LogP) is 0.742. The molecule has 1 aliphatic rings. The fourth-order valence-electron chi connectivity index (χ4n) is 2.26. The van der Waals surface area contributed by atoms with Gasteiger partial charge < -0.3 is 10.5 Å². The highest BCUT2D eigenvalue weighted by Gasteiger charge is 2.28. The second-order valence-corrected chi connectivity index (χ2v) is 6.57. The second kappa shape index (κ2) is 6.00. The molecule has 6 heteroatoms. The minimum atomic E-state index is -3.37. The zero-order chi connectivity index (χ0) is 13.9. The van der Waals surface area contributed by atoms with Crippen molar-refractivity contribution in [2.45, 2.75) is 37.8 Å². The van der Waals surface area contributed by atoms with Crippen LogP contribution in [-0.4, -0.2) is 27.2 Å². The smallest absolute Gasteiger partial charge is 0.216 e. The highest BCUT2D eigenvalue weighted by Crippen LogP contribution is 2.16. The molecule has 2 rings (SSSR count). The molecule has 1 saturated heterocycles. The van der Waals surface area contributed by atoms with Crippen LogP contribution in [0.2, 0.25) is 0 Å². The molecule has 106 valence electrons. The van der Waals surface area contributed by atoms with Crippen LogP contribution in [-0.2, 0) is 27.1 Å². The normalized spacial score (nSPS) is 23.7. The Bertz CT molecular complexity index is 530. The molecule has 0 aromatic heterocycles. The Labute approximate surface area is 114 Å². The lowest BCUT2D eigenvalue weighted by Crippen LogP contribution is -2.39. The highest BCUT2D eigenvalue weighted by molar-refractivity contribution is 7.88. The first-order chi connectivity index (χ1) is 9.02. The summed E-state index contributed by atoms with van der Waals surface area (Å²) < 4.78 is 32.4. The monoisotopic (exact) mass is 284 g/mol. The van der Waals surface area contributed by atoms with Gasteiger partial charge in [-0.15, -0.1) is 0 Å². The van der Waals surface area contributed by atoms with Crippen molar-refractivity contribution in [3.05, 3.63) is 35.4 Å². The fraction of sp³-hybridized carbons (Fsp3) is 0.538. The summed E-state index contributed by atoms with van der Waals surface area (Å²) in [5, 5.41) is 0. The number of benzene rings is 1. The van der Waals surface area contributed by atoms with E-state index in [9.17, 15) is 8.42 Å². The lowest BCUT2D eigenvalue weighted by molar-refractivity contribution is 0.117. The topological polar surface area (TPSA) is 81.4 Å². The molecule has 2 atom stereocenters. The maximum Gasteiger partial charge on any atom is 0.216 e. The minimum absolute atomic E-state index is 0.0381. The third-order valence-electron chi connectivity index (χ3n) is 3.39. The quantitative estimate of drug-likeness (QED) is 0.835. The Morgan fingerprint density at radius 1 is 1.37 bits per heavy atom. The fourth-order valence-corrected chi connectivity index (χ4v) is 3.81. The number of ether oxygens (including phenoxy) is 1. The molecule has 0 aliphatic carbocycles. The van der Waals surface area contributed by atoms with Gasteiger partial charge in [0.2, 0.25) is 10.0 Å². The van der Waals surface area contributed by atoms with Crippen LogP contribution >= 0.6 is 0 Å². The molecule has 1 aromatic rings. The van der Waals surface area contributed by atoms with Crippen LogP contribution in [0.25, 0.3) is 0 Å². The van der Waals surface area contributed by atoms with Gasteiger partial charge in [0.1, 0.15) is 0 Å². The lowest BCUT2D eigenvalue weighted by Gasteiger charge is -2.17. The van der Waals surface area contributed by atoms with Crippen molar-refractivity contribution in [1.29, 1.82) is 0 Å². The molecule has 0 radical (unpaired) electrons. The van der Waals surface area contributed by atoms with Crippen molar-refractivity contribution in [3.63, 3.8) is 0 Å². The maximum atomic E-state index is 12.2.